The Bertz CT molecular complexity index is 505. The summed E-state index contributed by atoms with van der Waals surface area (Å²) in [5.41, 5.74) is 1.59. The maximum atomic E-state index is 11.4. The van der Waals surface area contributed by atoms with E-state index in [-0.39, 0.29) is 4.90 Å². The minimum absolute atomic E-state index is 0.209. The third-order valence-electron chi connectivity index (χ3n) is 3.31. The predicted octanol–water partition coefficient (Wildman–Crippen LogP) is 2.00. The Morgan fingerprint density at radius 1 is 1.29 bits per heavy atom. The van der Waals surface area contributed by atoms with Gasteiger partial charge in [-0.2, -0.15) is 0 Å². The molecule has 0 bridgehead atoms. The van der Waals surface area contributed by atoms with Crippen molar-refractivity contribution in [1.29, 1.82) is 0 Å². The van der Waals surface area contributed by atoms with E-state index in [0.29, 0.717) is 11.6 Å². The molecule has 5 heteroatoms. The van der Waals surface area contributed by atoms with Gasteiger partial charge in [-0.3, -0.25) is 0 Å². The van der Waals surface area contributed by atoms with Crippen molar-refractivity contribution in [3.63, 3.8) is 0 Å². The number of anilines is 1. The molecule has 0 radical (unpaired) electrons. The molecular formula is C12H18N2O2S. The van der Waals surface area contributed by atoms with Crippen LogP contribution in [0.5, 0.6) is 0 Å². The number of hydrogen-bond acceptors (Lipinski definition) is 3. The molecule has 4 nitrogen and oxygen atoms in total. The SMILES string of the molecule is Cc1c(NC2CCCC2)cccc1S(N)(=O)=O. The van der Waals surface area contributed by atoms with Crippen molar-refractivity contribution in [2.24, 2.45) is 5.14 Å². The summed E-state index contributed by atoms with van der Waals surface area (Å²) in [6.07, 6.45) is 4.79. The van der Waals surface area contributed by atoms with Gasteiger partial charge in [-0.25, -0.2) is 13.6 Å². The Morgan fingerprint density at radius 3 is 2.53 bits per heavy atom. The zero-order valence-electron chi connectivity index (χ0n) is 9.94. The van der Waals surface area contributed by atoms with Crippen LogP contribution in [0.25, 0.3) is 0 Å². The molecule has 1 saturated carbocycles. The second kappa shape index (κ2) is 4.66. The lowest BCUT2D eigenvalue weighted by atomic mass is 10.1. The summed E-state index contributed by atoms with van der Waals surface area (Å²) in [4.78, 5) is 0.209. The summed E-state index contributed by atoms with van der Waals surface area (Å²) in [6.45, 7) is 1.79. The van der Waals surface area contributed by atoms with Gasteiger partial charge in [-0.05, 0) is 37.5 Å². The molecule has 1 aromatic carbocycles. The van der Waals surface area contributed by atoms with Crippen molar-refractivity contribution in [1.82, 2.24) is 0 Å². The summed E-state index contributed by atoms with van der Waals surface area (Å²) in [5.74, 6) is 0. The van der Waals surface area contributed by atoms with Crippen LogP contribution in [0.3, 0.4) is 0 Å². The number of nitrogens with one attached hydrogen (secondary N) is 1. The first-order chi connectivity index (χ1) is 7.98. The number of primary sulfonamides is 1. The van der Waals surface area contributed by atoms with E-state index in [1.165, 1.54) is 12.8 Å². The van der Waals surface area contributed by atoms with Crippen LogP contribution >= 0.6 is 0 Å². The highest BCUT2D eigenvalue weighted by Crippen LogP contribution is 2.26. The van der Waals surface area contributed by atoms with E-state index < -0.39 is 10.0 Å². The zero-order valence-corrected chi connectivity index (χ0v) is 10.8. The lowest BCUT2D eigenvalue weighted by Crippen LogP contribution is -2.18. The molecule has 17 heavy (non-hydrogen) atoms. The average Bonchev–Trinajstić information content (AvgIpc) is 2.72. The van der Waals surface area contributed by atoms with Crippen molar-refractivity contribution >= 4 is 15.7 Å². The van der Waals surface area contributed by atoms with E-state index in [1.807, 2.05) is 6.07 Å². The normalized spacial score (nSPS) is 17.3. The first kappa shape index (κ1) is 12.4. The first-order valence-corrected chi connectivity index (χ1v) is 7.42. The van der Waals surface area contributed by atoms with Gasteiger partial charge in [0.1, 0.15) is 0 Å². The highest BCUT2D eigenvalue weighted by Gasteiger charge is 2.18. The molecule has 94 valence electrons. The largest absolute Gasteiger partial charge is 0.382 e. The molecule has 0 spiro atoms. The van der Waals surface area contributed by atoms with E-state index in [4.69, 9.17) is 5.14 Å². The molecule has 0 amide bonds. The Kier molecular flexibility index (Phi) is 3.40. The molecule has 0 unspecified atom stereocenters. The number of rotatable bonds is 3. The molecule has 1 aliphatic rings. The Balaban J connectivity index is 2.29. The van der Waals surface area contributed by atoms with Crippen molar-refractivity contribution < 1.29 is 8.42 Å². The Morgan fingerprint density at radius 2 is 1.94 bits per heavy atom. The summed E-state index contributed by atoms with van der Waals surface area (Å²) < 4.78 is 22.8. The quantitative estimate of drug-likeness (QED) is 0.866. The molecule has 3 N–H and O–H groups in total. The van der Waals surface area contributed by atoms with Gasteiger partial charge in [-0.1, -0.05) is 18.9 Å². The number of sulfonamides is 1. The molecular weight excluding hydrogens is 236 g/mol. The van der Waals surface area contributed by atoms with Crippen LogP contribution in [0.2, 0.25) is 0 Å². The highest BCUT2D eigenvalue weighted by atomic mass is 32.2. The monoisotopic (exact) mass is 254 g/mol. The number of nitrogens with two attached hydrogens (primary N) is 1. The zero-order chi connectivity index (χ0) is 12.5. The lowest BCUT2D eigenvalue weighted by Gasteiger charge is -2.17. The molecule has 2 rings (SSSR count). The van der Waals surface area contributed by atoms with Gasteiger partial charge in [0, 0.05) is 11.7 Å². The van der Waals surface area contributed by atoms with E-state index in [0.717, 1.165) is 18.5 Å². The fourth-order valence-electron chi connectivity index (χ4n) is 2.37. The van der Waals surface area contributed by atoms with Crippen molar-refractivity contribution in [2.45, 2.75) is 43.5 Å². The molecule has 1 aromatic rings. The third kappa shape index (κ3) is 2.79. The van der Waals surface area contributed by atoms with Crippen LogP contribution in [-0.2, 0) is 10.0 Å². The molecule has 1 fully saturated rings. The maximum Gasteiger partial charge on any atom is 0.238 e. The van der Waals surface area contributed by atoms with E-state index in [9.17, 15) is 8.42 Å². The molecule has 0 saturated heterocycles. The van der Waals surface area contributed by atoms with E-state index in [2.05, 4.69) is 5.32 Å². The standard InChI is InChI=1S/C12H18N2O2S/c1-9-11(14-10-5-2-3-6-10)7-4-8-12(9)17(13,15)16/h4,7-8,10,14H,2-3,5-6H2,1H3,(H2,13,15,16). The third-order valence-corrected chi connectivity index (χ3v) is 4.36. The number of benzene rings is 1. The van der Waals surface area contributed by atoms with Crippen LogP contribution in [0, 0.1) is 6.92 Å². The predicted molar refractivity (Wildman–Crippen MR) is 68.4 cm³/mol. The summed E-state index contributed by atoms with van der Waals surface area (Å²) in [5, 5.41) is 8.58. The topological polar surface area (TPSA) is 72.2 Å². The van der Waals surface area contributed by atoms with Crippen LogP contribution < -0.4 is 10.5 Å². The van der Waals surface area contributed by atoms with Crippen LogP contribution in [0.1, 0.15) is 31.2 Å². The number of hydrogen-bond donors (Lipinski definition) is 2. The van der Waals surface area contributed by atoms with Gasteiger partial charge >= 0.3 is 0 Å². The van der Waals surface area contributed by atoms with Gasteiger partial charge in [0.2, 0.25) is 10.0 Å². The van der Waals surface area contributed by atoms with Crippen molar-refractivity contribution in [3.8, 4) is 0 Å². The maximum absolute atomic E-state index is 11.4. The van der Waals surface area contributed by atoms with Gasteiger partial charge in [0.25, 0.3) is 0 Å². The molecule has 0 aromatic heterocycles. The first-order valence-electron chi connectivity index (χ1n) is 5.87. The Hall–Kier alpha value is -1.07. The fourth-order valence-corrected chi connectivity index (χ4v) is 3.17. The second-order valence-corrected chi connectivity index (χ2v) is 6.13. The average molecular weight is 254 g/mol. The van der Waals surface area contributed by atoms with Gasteiger partial charge < -0.3 is 5.32 Å². The molecule has 0 atom stereocenters. The van der Waals surface area contributed by atoms with Crippen LogP contribution in [0.4, 0.5) is 5.69 Å². The second-order valence-electron chi connectivity index (χ2n) is 4.60. The molecule has 1 aliphatic carbocycles. The van der Waals surface area contributed by atoms with Gasteiger partial charge in [0.15, 0.2) is 0 Å². The van der Waals surface area contributed by atoms with Crippen molar-refractivity contribution in [3.05, 3.63) is 23.8 Å². The lowest BCUT2D eigenvalue weighted by molar-refractivity contribution is 0.597. The van der Waals surface area contributed by atoms with Crippen LogP contribution in [0.15, 0.2) is 23.1 Å². The van der Waals surface area contributed by atoms with Crippen molar-refractivity contribution in [2.75, 3.05) is 5.32 Å². The molecule has 0 aliphatic heterocycles. The Labute approximate surface area is 102 Å². The molecule has 0 heterocycles. The highest BCUT2D eigenvalue weighted by molar-refractivity contribution is 7.89. The van der Waals surface area contributed by atoms with Gasteiger partial charge in [-0.15, -0.1) is 0 Å². The van der Waals surface area contributed by atoms with E-state index in [1.54, 1.807) is 19.1 Å². The minimum Gasteiger partial charge on any atom is -0.382 e. The summed E-state index contributed by atoms with van der Waals surface area (Å²) in [7, 11) is -3.63. The fraction of sp³-hybridized carbons (Fsp3) is 0.500. The van der Waals surface area contributed by atoms with Crippen LogP contribution in [-0.4, -0.2) is 14.5 Å². The summed E-state index contributed by atoms with van der Waals surface area (Å²) >= 11 is 0. The smallest absolute Gasteiger partial charge is 0.238 e. The van der Waals surface area contributed by atoms with Gasteiger partial charge in [0.05, 0.1) is 4.90 Å². The summed E-state index contributed by atoms with van der Waals surface area (Å²) in [6, 6.07) is 5.64. The van der Waals surface area contributed by atoms with E-state index >= 15 is 0 Å². The minimum atomic E-state index is -3.63.